The second kappa shape index (κ2) is 10.3. The van der Waals surface area contributed by atoms with Gasteiger partial charge in [-0.25, -0.2) is 4.79 Å². The quantitative estimate of drug-likeness (QED) is 0.335. The Balaban J connectivity index is 1.51. The lowest BCUT2D eigenvalue weighted by Crippen LogP contribution is -2.20. The second-order valence-electron chi connectivity index (χ2n) is 8.33. The summed E-state index contributed by atoms with van der Waals surface area (Å²) in [5.74, 6) is 0.329. The molecule has 2 aromatic carbocycles. The Labute approximate surface area is 199 Å². The van der Waals surface area contributed by atoms with Crippen molar-refractivity contribution in [2.24, 2.45) is 5.92 Å². The van der Waals surface area contributed by atoms with E-state index in [1.165, 1.54) is 23.5 Å². The molecule has 1 saturated carbocycles. The minimum absolute atomic E-state index is 0.0189. The molecular formula is C25H24F3N3O2S. The summed E-state index contributed by atoms with van der Waals surface area (Å²) >= 11 is 1.50. The van der Waals surface area contributed by atoms with E-state index in [-0.39, 0.29) is 11.6 Å². The summed E-state index contributed by atoms with van der Waals surface area (Å²) in [6.45, 7) is 0. The van der Waals surface area contributed by atoms with Gasteiger partial charge in [0.2, 0.25) is 5.91 Å². The molecule has 0 atom stereocenters. The smallest absolute Gasteiger partial charge is 0.326 e. The van der Waals surface area contributed by atoms with Crippen LogP contribution < -0.4 is 16.0 Å². The topological polar surface area (TPSA) is 70.2 Å². The zero-order valence-electron chi connectivity index (χ0n) is 18.2. The number of rotatable bonds is 6. The average molecular weight is 488 g/mol. The lowest BCUT2D eigenvalue weighted by molar-refractivity contribution is -0.137. The van der Waals surface area contributed by atoms with Crippen LogP contribution in [0.5, 0.6) is 0 Å². The van der Waals surface area contributed by atoms with Crippen LogP contribution in [0.4, 0.5) is 35.0 Å². The molecule has 0 bridgehead atoms. The standard InChI is InChI=1S/C25H24F3N3O2S/c26-25(27,28)18-6-3-7-19(13-18)30-24(33)31-22-14-20(8-9-21(22)17-10-11-34-15-17)29-23(32)12-16-4-1-2-5-16/h3,6-11,13-16H,1-2,4-5,12H2,(H,29,32)(H2,30,31,33). The molecule has 0 spiro atoms. The molecule has 1 aromatic heterocycles. The first-order chi connectivity index (χ1) is 16.3. The Hall–Kier alpha value is -3.33. The Kier molecular flexibility index (Phi) is 7.21. The molecule has 0 radical (unpaired) electrons. The van der Waals surface area contributed by atoms with Crippen molar-refractivity contribution in [3.63, 3.8) is 0 Å². The van der Waals surface area contributed by atoms with Gasteiger partial charge in [0.1, 0.15) is 0 Å². The molecule has 34 heavy (non-hydrogen) atoms. The number of hydrogen-bond donors (Lipinski definition) is 3. The maximum absolute atomic E-state index is 13.0. The van der Waals surface area contributed by atoms with Crippen molar-refractivity contribution in [3.8, 4) is 11.1 Å². The molecule has 1 aliphatic rings. The van der Waals surface area contributed by atoms with E-state index < -0.39 is 17.8 Å². The van der Waals surface area contributed by atoms with E-state index in [9.17, 15) is 22.8 Å². The van der Waals surface area contributed by atoms with Crippen LogP contribution in [-0.4, -0.2) is 11.9 Å². The molecule has 3 N–H and O–H groups in total. The van der Waals surface area contributed by atoms with Crippen LogP contribution in [0.1, 0.15) is 37.7 Å². The maximum atomic E-state index is 13.0. The van der Waals surface area contributed by atoms with Crippen LogP contribution in [0, 0.1) is 5.92 Å². The molecule has 178 valence electrons. The number of urea groups is 1. The maximum Gasteiger partial charge on any atom is 0.416 e. The number of halogens is 3. The summed E-state index contributed by atoms with van der Waals surface area (Å²) in [5, 5.41) is 11.9. The third kappa shape index (κ3) is 6.17. The molecule has 5 nitrogen and oxygen atoms in total. The molecule has 1 aliphatic carbocycles. The van der Waals surface area contributed by atoms with E-state index in [4.69, 9.17) is 0 Å². The first-order valence-corrected chi connectivity index (χ1v) is 11.9. The van der Waals surface area contributed by atoms with Crippen LogP contribution in [0.15, 0.2) is 59.3 Å². The number of carbonyl (C=O) groups excluding carboxylic acids is 2. The van der Waals surface area contributed by atoms with Gasteiger partial charge in [-0.1, -0.05) is 25.0 Å². The molecule has 3 amide bonds. The highest BCUT2D eigenvalue weighted by molar-refractivity contribution is 7.08. The summed E-state index contributed by atoms with van der Waals surface area (Å²) < 4.78 is 38.9. The number of carbonyl (C=O) groups is 2. The second-order valence-corrected chi connectivity index (χ2v) is 9.11. The van der Waals surface area contributed by atoms with Crippen molar-refractivity contribution in [1.82, 2.24) is 0 Å². The van der Waals surface area contributed by atoms with Gasteiger partial charge in [-0.2, -0.15) is 24.5 Å². The molecular weight excluding hydrogens is 463 g/mol. The minimum Gasteiger partial charge on any atom is -0.326 e. The number of alkyl halides is 3. The Bertz CT molecular complexity index is 1160. The largest absolute Gasteiger partial charge is 0.416 e. The predicted molar refractivity (Wildman–Crippen MR) is 129 cm³/mol. The van der Waals surface area contributed by atoms with Crippen molar-refractivity contribution >= 4 is 40.3 Å². The average Bonchev–Trinajstić information content (AvgIpc) is 3.48. The SMILES string of the molecule is O=C(CC1CCCC1)Nc1ccc(-c2ccsc2)c(NC(=O)Nc2cccc(C(F)(F)F)c2)c1. The number of benzene rings is 2. The fourth-order valence-corrected chi connectivity index (χ4v) is 4.80. The highest BCUT2D eigenvalue weighted by atomic mass is 32.1. The first-order valence-electron chi connectivity index (χ1n) is 11.0. The van der Waals surface area contributed by atoms with Crippen molar-refractivity contribution in [3.05, 3.63) is 64.9 Å². The zero-order chi connectivity index (χ0) is 24.1. The normalized spacial score (nSPS) is 14.1. The molecule has 0 saturated heterocycles. The van der Waals surface area contributed by atoms with Crippen LogP contribution >= 0.6 is 11.3 Å². The van der Waals surface area contributed by atoms with E-state index in [1.807, 2.05) is 16.8 Å². The molecule has 4 rings (SSSR count). The number of hydrogen-bond acceptors (Lipinski definition) is 3. The van der Waals surface area contributed by atoms with E-state index in [0.29, 0.717) is 23.7 Å². The first kappa shape index (κ1) is 23.8. The molecule has 0 aliphatic heterocycles. The molecule has 1 fully saturated rings. The monoisotopic (exact) mass is 487 g/mol. The Morgan fingerprint density at radius 1 is 0.941 bits per heavy atom. The van der Waals surface area contributed by atoms with E-state index >= 15 is 0 Å². The number of amides is 3. The van der Waals surface area contributed by atoms with Crippen LogP contribution in [0.25, 0.3) is 11.1 Å². The summed E-state index contributed by atoms with van der Waals surface area (Å²) in [5.41, 5.74) is 1.75. The van der Waals surface area contributed by atoms with Gasteiger partial charge in [-0.3, -0.25) is 4.79 Å². The van der Waals surface area contributed by atoms with Crippen LogP contribution in [0.3, 0.4) is 0 Å². The Morgan fingerprint density at radius 2 is 1.71 bits per heavy atom. The predicted octanol–water partition coefficient (Wildman–Crippen LogP) is 7.60. The van der Waals surface area contributed by atoms with E-state index in [1.54, 1.807) is 18.2 Å². The highest BCUT2D eigenvalue weighted by Gasteiger charge is 2.30. The van der Waals surface area contributed by atoms with Gasteiger partial charge in [0.25, 0.3) is 0 Å². The van der Waals surface area contributed by atoms with Crippen LogP contribution in [0.2, 0.25) is 0 Å². The Morgan fingerprint density at radius 3 is 2.41 bits per heavy atom. The minimum atomic E-state index is -4.51. The van der Waals surface area contributed by atoms with Crippen molar-refractivity contribution in [2.45, 2.75) is 38.3 Å². The van der Waals surface area contributed by atoms with Gasteiger partial charge in [0.05, 0.1) is 11.3 Å². The number of anilines is 3. The van der Waals surface area contributed by atoms with Gasteiger partial charge < -0.3 is 16.0 Å². The molecule has 0 unspecified atom stereocenters. The molecule has 1 heterocycles. The zero-order valence-corrected chi connectivity index (χ0v) is 19.1. The van der Waals surface area contributed by atoms with E-state index in [0.717, 1.165) is 48.9 Å². The van der Waals surface area contributed by atoms with Crippen LogP contribution in [-0.2, 0) is 11.0 Å². The van der Waals surface area contributed by atoms with Crippen molar-refractivity contribution in [2.75, 3.05) is 16.0 Å². The third-order valence-electron chi connectivity index (χ3n) is 5.78. The molecule has 9 heteroatoms. The fraction of sp³-hybridized carbons (Fsp3) is 0.280. The lowest BCUT2D eigenvalue weighted by atomic mass is 10.0. The van der Waals surface area contributed by atoms with Gasteiger partial charge in [0, 0.05) is 23.4 Å². The summed E-state index contributed by atoms with van der Waals surface area (Å²) in [7, 11) is 0. The van der Waals surface area contributed by atoms with Crippen molar-refractivity contribution in [1.29, 1.82) is 0 Å². The van der Waals surface area contributed by atoms with Crippen molar-refractivity contribution < 1.29 is 22.8 Å². The van der Waals surface area contributed by atoms with Gasteiger partial charge in [-0.15, -0.1) is 0 Å². The summed E-state index contributed by atoms with van der Waals surface area (Å²) in [6.07, 6.45) is 0.390. The summed E-state index contributed by atoms with van der Waals surface area (Å²) in [6, 6.07) is 10.9. The lowest BCUT2D eigenvalue weighted by Gasteiger charge is -2.15. The summed E-state index contributed by atoms with van der Waals surface area (Å²) in [4.78, 5) is 25.1. The highest BCUT2D eigenvalue weighted by Crippen LogP contribution is 2.34. The van der Waals surface area contributed by atoms with Gasteiger partial charge in [-0.05, 0) is 71.5 Å². The van der Waals surface area contributed by atoms with Gasteiger partial charge >= 0.3 is 12.2 Å². The molecule has 3 aromatic rings. The number of nitrogens with one attached hydrogen (secondary N) is 3. The van der Waals surface area contributed by atoms with E-state index in [2.05, 4.69) is 16.0 Å². The third-order valence-corrected chi connectivity index (χ3v) is 6.46. The van der Waals surface area contributed by atoms with Gasteiger partial charge in [0.15, 0.2) is 0 Å². The number of thiophene rings is 1. The fourth-order valence-electron chi connectivity index (χ4n) is 4.14.